The van der Waals surface area contributed by atoms with E-state index >= 15 is 0 Å². The summed E-state index contributed by atoms with van der Waals surface area (Å²) < 4.78 is 6.91. The molecule has 3 aromatic rings. The topological polar surface area (TPSA) is 51.2 Å². The number of hydrogen-bond acceptors (Lipinski definition) is 3. The van der Waals surface area contributed by atoms with Crippen LogP contribution >= 0.6 is 22.6 Å². The molecule has 0 atom stereocenters. The van der Waals surface area contributed by atoms with Gasteiger partial charge in [-0.3, -0.25) is 9.78 Å². The molecule has 0 saturated heterocycles. The van der Waals surface area contributed by atoms with Crippen LogP contribution in [0.2, 0.25) is 0 Å². The molecule has 24 heavy (non-hydrogen) atoms. The zero-order valence-electron chi connectivity index (χ0n) is 12.8. The third-order valence-corrected chi connectivity index (χ3v) is 4.26. The van der Waals surface area contributed by atoms with Crippen molar-refractivity contribution in [1.29, 1.82) is 0 Å². The number of nitrogens with one attached hydrogen (secondary N) is 1. The van der Waals surface area contributed by atoms with Crippen LogP contribution in [0, 0.1) is 3.57 Å². The van der Waals surface area contributed by atoms with E-state index in [0.29, 0.717) is 12.1 Å². The molecule has 0 radical (unpaired) electrons. The standard InChI is InChI=1S/C19H15IN2O2/c20-17-5-1-2-6-18(17)24-16-9-7-14(8-10-16)12-22-19(23)15-4-3-11-21-13-15/h1-11,13H,12H2,(H,22,23). The maximum Gasteiger partial charge on any atom is 0.253 e. The molecule has 0 fully saturated rings. The second kappa shape index (κ2) is 7.92. The van der Waals surface area contributed by atoms with Gasteiger partial charge in [-0.1, -0.05) is 24.3 Å². The van der Waals surface area contributed by atoms with Crippen molar-refractivity contribution in [3.63, 3.8) is 0 Å². The highest BCUT2D eigenvalue weighted by Gasteiger charge is 2.05. The fourth-order valence-electron chi connectivity index (χ4n) is 2.11. The minimum Gasteiger partial charge on any atom is -0.456 e. The Morgan fingerprint density at radius 3 is 2.54 bits per heavy atom. The Morgan fingerprint density at radius 2 is 1.83 bits per heavy atom. The predicted molar refractivity (Wildman–Crippen MR) is 101 cm³/mol. The first-order chi connectivity index (χ1) is 11.7. The summed E-state index contributed by atoms with van der Waals surface area (Å²) in [4.78, 5) is 15.9. The van der Waals surface area contributed by atoms with Crippen molar-refractivity contribution in [2.75, 3.05) is 0 Å². The van der Waals surface area contributed by atoms with E-state index in [9.17, 15) is 4.79 Å². The Bertz CT molecular complexity index is 820. The van der Waals surface area contributed by atoms with E-state index in [-0.39, 0.29) is 5.91 Å². The van der Waals surface area contributed by atoms with E-state index < -0.39 is 0 Å². The van der Waals surface area contributed by atoms with Crippen LogP contribution in [-0.4, -0.2) is 10.9 Å². The molecule has 2 aromatic carbocycles. The number of para-hydroxylation sites is 1. The van der Waals surface area contributed by atoms with Gasteiger partial charge in [0.15, 0.2) is 0 Å². The van der Waals surface area contributed by atoms with Crippen molar-refractivity contribution in [3.8, 4) is 11.5 Å². The minimum absolute atomic E-state index is 0.137. The summed E-state index contributed by atoms with van der Waals surface area (Å²) in [5, 5.41) is 2.87. The lowest BCUT2D eigenvalue weighted by molar-refractivity contribution is 0.0950. The summed E-state index contributed by atoms with van der Waals surface area (Å²) in [7, 11) is 0. The molecular weight excluding hydrogens is 415 g/mol. The highest BCUT2D eigenvalue weighted by Crippen LogP contribution is 2.26. The summed E-state index contributed by atoms with van der Waals surface area (Å²) in [5.74, 6) is 1.46. The van der Waals surface area contributed by atoms with Crippen molar-refractivity contribution in [2.24, 2.45) is 0 Å². The number of rotatable bonds is 5. The molecule has 0 aliphatic rings. The number of aromatic nitrogens is 1. The fourth-order valence-corrected chi connectivity index (χ4v) is 2.61. The highest BCUT2D eigenvalue weighted by atomic mass is 127. The van der Waals surface area contributed by atoms with Gasteiger partial charge in [0.1, 0.15) is 11.5 Å². The van der Waals surface area contributed by atoms with Gasteiger partial charge in [-0.15, -0.1) is 0 Å². The molecule has 120 valence electrons. The van der Waals surface area contributed by atoms with Gasteiger partial charge in [0.05, 0.1) is 9.13 Å². The number of ether oxygens (including phenoxy) is 1. The second-order valence-electron chi connectivity index (χ2n) is 5.10. The van der Waals surface area contributed by atoms with Gasteiger partial charge in [-0.25, -0.2) is 0 Å². The number of nitrogens with zero attached hydrogens (tertiary/aromatic N) is 1. The Labute approximate surface area is 154 Å². The smallest absolute Gasteiger partial charge is 0.253 e. The van der Waals surface area contributed by atoms with Crippen LogP contribution in [0.3, 0.4) is 0 Å². The largest absolute Gasteiger partial charge is 0.456 e. The van der Waals surface area contributed by atoms with Crippen molar-refractivity contribution in [3.05, 3.63) is 87.8 Å². The van der Waals surface area contributed by atoms with Gasteiger partial charge in [-0.2, -0.15) is 0 Å². The van der Waals surface area contributed by atoms with Crippen LogP contribution in [0.5, 0.6) is 11.5 Å². The van der Waals surface area contributed by atoms with Gasteiger partial charge in [0.25, 0.3) is 5.91 Å². The summed E-state index contributed by atoms with van der Waals surface area (Å²) in [6.07, 6.45) is 3.19. The van der Waals surface area contributed by atoms with Crippen molar-refractivity contribution in [2.45, 2.75) is 6.54 Å². The van der Waals surface area contributed by atoms with Crippen LogP contribution in [0.15, 0.2) is 73.1 Å². The van der Waals surface area contributed by atoms with Gasteiger partial charge in [-0.05, 0) is 64.6 Å². The Morgan fingerprint density at radius 1 is 1.04 bits per heavy atom. The Hall–Kier alpha value is -2.41. The maximum absolute atomic E-state index is 12.0. The fraction of sp³-hybridized carbons (Fsp3) is 0.0526. The van der Waals surface area contributed by atoms with E-state index in [1.165, 1.54) is 0 Å². The molecule has 3 rings (SSSR count). The summed E-state index contributed by atoms with van der Waals surface area (Å²) in [6.45, 7) is 0.455. The van der Waals surface area contributed by atoms with E-state index in [2.05, 4.69) is 32.9 Å². The highest BCUT2D eigenvalue weighted by molar-refractivity contribution is 14.1. The Balaban J connectivity index is 1.59. The molecule has 0 bridgehead atoms. The summed E-state index contributed by atoms with van der Waals surface area (Å²) >= 11 is 2.24. The van der Waals surface area contributed by atoms with Gasteiger partial charge in [0.2, 0.25) is 0 Å². The molecule has 0 saturated carbocycles. The molecule has 0 unspecified atom stereocenters. The first-order valence-corrected chi connectivity index (χ1v) is 8.50. The second-order valence-corrected chi connectivity index (χ2v) is 6.26. The third kappa shape index (κ3) is 4.32. The van der Waals surface area contributed by atoms with Crippen LogP contribution in [0.4, 0.5) is 0 Å². The number of halogens is 1. The molecule has 1 aromatic heterocycles. The zero-order valence-corrected chi connectivity index (χ0v) is 14.9. The van der Waals surface area contributed by atoms with E-state index in [1.54, 1.807) is 24.5 Å². The first kappa shape index (κ1) is 16.4. The summed E-state index contributed by atoms with van der Waals surface area (Å²) in [6, 6.07) is 19.0. The average Bonchev–Trinajstić information content (AvgIpc) is 2.63. The first-order valence-electron chi connectivity index (χ1n) is 7.42. The third-order valence-electron chi connectivity index (χ3n) is 3.36. The predicted octanol–water partition coefficient (Wildman–Crippen LogP) is 4.41. The van der Waals surface area contributed by atoms with Crippen LogP contribution < -0.4 is 10.1 Å². The number of hydrogen-bond donors (Lipinski definition) is 1. The molecule has 0 spiro atoms. The number of amides is 1. The monoisotopic (exact) mass is 430 g/mol. The number of carbonyl (C=O) groups is 1. The van der Waals surface area contributed by atoms with Crippen LogP contribution in [0.1, 0.15) is 15.9 Å². The van der Waals surface area contributed by atoms with Crippen LogP contribution in [-0.2, 0) is 6.54 Å². The minimum atomic E-state index is -0.137. The molecule has 0 aliphatic carbocycles. The maximum atomic E-state index is 12.0. The zero-order chi connectivity index (χ0) is 16.8. The van der Waals surface area contributed by atoms with Gasteiger partial charge < -0.3 is 10.1 Å². The van der Waals surface area contributed by atoms with Gasteiger partial charge >= 0.3 is 0 Å². The molecular formula is C19H15IN2O2. The van der Waals surface area contributed by atoms with Crippen molar-refractivity contribution in [1.82, 2.24) is 10.3 Å². The van der Waals surface area contributed by atoms with E-state index in [0.717, 1.165) is 20.6 Å². The van der Waals surface area contributed by atoms with Gasteiger partial charge in [0, 0.05) is 18.9 Å². The molecule has 5 heteroatoms. The van der Waals surface area contributed by atoms with Crippen LogP contribution in [0.25, 0.3) is 0 Å². The van der Waals surface area contributed by atoms with Crippen molar-refractivity contribution >= 4 is 28.5 Å². The normalized spacial score (nSPS) is 10.2. The van der Waals surface area contributed by atoms with Crippen molar-refractivity contribution < 1.29 is 9.53 Å². The number of benzene rings is 2. The van der Waals surface area contributed by atoms with E-state index in [4.69, 9.17) is 4.74 Å². The molecule has 1 heterocycles. The summed E-state index contributed by atoms with van der Waals surface area (Å²) in [5.41, 5.74) is 1.55. The SMILES string of the molecule is O=C(NCc1ccc(Oc2ccccc2I)cc1)c1cccnc1. The van der Waals surface area contributed by atoms with E-state index in [1.807, 2.05) is 48.5 Å². The molecule has 4 nitrogen and oxygen atoms in total. The molecule has 0 aliphatic heterocycles. The quantitative estimate of drug-likeness (QED) is 0.611. The average molecular weight is 430 g/mol. The number of carbonyl (C=O) groups excluding carboxylic acids is 1. The lowest BCUT2D eigenvalue weighted by Gasteiger charge is -2.09. The lowest BCUT2D eigenvalue weighted by atomic mass is 10.2. The lowest BCUT2D eigenvalue weighted by Crippen LogP contribution is -2.22. The number of pyridine rings is 1. The molecule has 1 N–H and O–H groups in total. The Kier molecular flexibility index (Phi) is 5.43. The molecule has 1 amide bonds.